The normalized spacial score (nSPS) is 24.8. The number of fused-ring (bicyclic) bond motifs is 1. The first-order valence-electron chi connectivity index (χ1n) is 9.96. The summed E-state index contributed by atoms with van der Waals surface area (Å²) in [5, 5.41) is 7.64. The SMILES string of the molecule is O=C1NC2CC(C(=O)NCc3ccccc3Cl)CCC2S/C1=C/c1ccccc1Cl. The second-order valence-electron chi connectivity index (χ2n) is 7.59. The van der Waals surface area contributed by atoms with Crippen LogP contribution >= 0.6 is 35.0 Å². The molecule has 1 aliphatic carbocycles. The largest absolute Gasteiger partial charge is 0.352 e. The zero-order chi connectivity index (χ0) is 21.1. The highest BCUT2D eigenvalue weighted by atomic mass is 35.5. The van der Waals surface area contributed by atoms with Crippen LogP contribution in [0.2, 0.25) is 10.0 Å². The number of carbonyl (C=O) groups excluding carboxylic acids is 2. The minimum atomic E-state index is -0.108. The minimum absolute atomic E-state index is 0.00397. The van der Waals surface area contributed by atoms with Crippen LogP contribution in [0, 0.1) is 5.92 Å². The smallest absolute Gasteiger partial charge is 0.257 e. The fourth-order valence-corrected chi connectivity index (χ4v) is 5.61. The third kappa shape index (κ3) is 4.85. The topological polar surface area (TPSA) is 58.2 Å². The van der Waals surface area contributed by atoms with E-state index in [4.69, 9.17) is 23.2 Å². The molecule has 1 saturated carbocycles. The molecule has 2 aromatic carbocycles. The van der Waals surface area contributed by atoms with Crippen LogP contribution < -0.4 is 10.6 Å². The molecule has 2 aliphatic rings. The van der Waals surface area contributed by atoms with Crippen LogP contribution in [0.4, 0.5) is 0 Å². The van der Waals surface area contributed by atoms with Crippen LogP contribution in [0.25, 0.3) is 6.08 Å². The molecule has 2 fully saturated rings. The molecule has 2 N–H and O–H groups in total. The molecular weight excluding hydrogens is 439 g/mol. The van der Waals surface area contributed by atoms with Gasteiger partial charge in [-0.25, -0.2) is 0 Å². The Labute approximate surface area is 190 Å². The first kappa shape index (κ1) is 21.3. The lowest BCUT2D eigenvalue weighted by atomic mass is 9.84. The monoisotopic (exact) mass is 460 g/mol. The quantitative estimate of drug-likeness (QED) is 0.627. The molecule has 1 aliphatic heterocycles. The van der Waals surface area contributed by atoms with Crippen molar-refractivity contribution in [2.24, 2.45) is 5.92 Å². The van der Waals surface area contributed by atoms with E-state index < -0.39 is 0 Å². The molecule has 3 atom stereocenters. The van der Waals surface area contributed by atoms with Crippen molar-refractivity contribution in [2.45, 2.75) is 37.1 Å². The van der Waals surface area contributed by atoms with Gasteiger partial charge in [-0.15, -0.1) is 11.8 Å². The lowest BCUT2D eigenvalue weighted by molar-refractivity contribution is -0.127. The molecule has 0 spiro atoms. The Bertz CT molecular complexity index is 995. The maximum atomic E-state index is 12.7. The van der Waals surface area contributed by atoms with Gasteiger partial charge in [-0.1, -0.05) is 59.6 Å². The highest BCUT2D eigenvalue weighted by molar-refractivity contribution is 8.04. The van der Waals surface area contributed by atoms with Gasteiger partial charge in [0.05, 0.1) is 4.91 Å². The molecule has 0 aromatic heterocycles. The Morgan fingerprint density at radius 3 is 2.60 bits per heavy atom. The molecule has 156 valence electrons. The van der Waals surface area contributed by atoms with Crippen LogP contribution in [0.3, 0.4) is 0 Å². The molecule has 4 rings (SSSR count). The van der Waals surface area contributed by atoms with E-state index in [-0.39, 0.29) is 29.0 Å². The summed E-state index contributed by atoms with van der Waals surface area (Å²) in [6, 6.07) is 15.0. The molecule has 2 aromatic rings. The van der Waals surface area contributed by atoms with E-state index in [1.807, 2.05) is 54.6 Å². The van der Waals surface area contributed by atoms with Gasteiger partial charge in [0.15, 0.2) is 0 Å². The Morgan fingerprint density at radius 2 is 1.83 bits per heavy atom. The van der Waals surface area contributed by atoms with Gasteiger partial charge in [0, 0.05) is 33.8 Å². The predicted octanol–water partition coefficient (Wildman–Crippen LogP) is 5.05. The fraction of sp³-hybridized carbons (Fsp3) is 0.304. The standard InChI is InChI=1S/C23H22Cl2N2O2S/c24-17-7-3-1-5-14(17)12-21-23(29)27-19-11-15(9-10-20(19)30-21)22(28)26-13-16-6-2-4-8-18(16)25/h1-8,12,15,19-20H,9-11,13H2,(H,26,28)(H,27,29)/b21-12+. The van der Waals surface area contributed by atoms with Crippen LogP contribution in [-0.4, -0.2) is 23.1 Å². The Morgan fingerprint density at radius 1 is 1.10 bits per heavy atom. The average molecular weight is 461 g/mol. The number of hydrogen-bond acceptors (Lipinski definition) is 3. The van der Waals surface area contributed by atoms with E-state index in [0.717, 1.165) is 24.0 Å². The number of rotatable bonds is 4. The molecular formula is C23H22Cl2N2O2S. The zero-order valence-corrected chi connectivity index (χ0v) is 18.6. The maximum absolute atomic E-state index is 12.7. The van der Waals surface area contributed by atoms with Crippen LogP contribution in [0.5, 0.6) is 0 Å². The summed E-state index contributed by atoms with van der Waals surface area (Å²) in [6.45, 7) is 0.412. The van der Waals surface area contributed by atoms with Crippen molar-refractivity contribution in [3.8, 4) is 0 Å². The minimum Gasteiger partial charge on any atom is -0.352 e. The Balaban J connectivity index is 1.36. The molecule has 0 radical (unpaired) electrons. The van der Waals surface area contributed by atoms with Gasteiger partial charge < -0.3 is 10.6 Å². The molecule has 4 nitrogen and oxygen atoms in total. The average Bonchev–Trinajstić information content (AvgIpc) is 2.74. The number of nitrogens with one attached hydrogen (secondary N) is 2. The van der Waals surface area contributed by atoms with E-state index in [0.29, 0.717) is 27.9 Å². The Hall–Kier alpha value is -1.95. The van der Waals surface area contributed by atoms with Crippen molar-refractivity contribution in [3.05, 3.63) is 74.6 Å². The van der Waals surface area contributed by atoms with E-state index in [9.17, 15) is 9.59 Å². The van der Waals surface area contributed by atoms with Crippen LogP contribution in [-0.2, 0) is 16.1 Å². The fourth-order valence-electron chi connectivity index (χ4n) is 3.93. The predicted molar refractivity (Wildman–Crippen MR) is 123 cm³/mol. The molecule has 1 saturated heterocycles. The molecule has 1 heterocycles. The van der Waals surface area contributed by atoms with Gasteiger partial charge in [0.2, 0.25) is 5.91 Å². The second kappa shape index (κ2) is 9.46. The number of benzene rings is 2. The van der Waals surface area contributed by atoms with Gasteiger partial charge in [-0.05, 0) is 48.6 Å². The van der Waals surface area contributed by atoms with E-state index >= 15 is 0 Å². The van der Waals surface area contributed by atoms with Gasteiger partial charge in [-0.3, -0.25) is 9.59 Å². The Kier molecular flexibility index (Phi) is 6.71. The summed E-state index contributed by atoms with van der Waals surface area (Å²) in [6.07, 6.45) is 4.18. The van der Waals surface area contributed by atoms with Crippen LogP contribution in [0.1, 0.15) is 30.4 Å². The van der Waals surface area contributed by atoms with E-state index in [1.54, 1.807) is 11.8 Å². The number of hydrogen-bond donors (Lipinski definition) is 2. The van der Waals surface area contributed by atoms with E-state index in [1.165, 1.54) is 0 Å². The molecule has 7 heteroatoms. The highest BCUT2D eigenvalue weighted by Gasteiger charge is 2.39. The van der Waals surface area contributed by atoms with Crippen LogP contribution in [0.15, 0.2) is 53.4 Å². The molecule has 3 unspecified atom stereocenters. The third-order valence-electron chi connectivity index (χ3n) is 5.58. The number of amides is 2. The van der Waals surface area contributed by atoms with Crippen molar-refractivity contribution in [1.82, 2.24) is 10.6 Å². The van der Waals surface area contributed by atoms with Gasteiger partial charge >= 0.3 is 0 Å². The summed E-state index contributed by atoms with van der Waals surface area (Å²) < 4.78 is 0. The highest BCUT2D eigenvalue weighted by Crippen LogP contribution is 2.40. The van der Waals surface area contributed by atoms with Crippen molar-refractivity contribution in [2.75, 3.05) is 0 Å². The van der Waals surface area contributed by atoms with Crippen molar-refractivity contribution < 1.29 is 9.59 Å². The van der Waals surface area contributed by atoms with Crippen molar-refractivity contribution in [3.63, 3.8) is 0 Å². The second-order valence-corrected chi connectivity index (χ2v) is 9.68. The lowest BCUT2D eigenvalue weighted by Gasteiger charge is -2.39. The summed E-state index contributed by atoms with van der Waals surface area (Å²) in [5.41, 5.74) is 1.74. The third-order valence-corrected chi connectivity index (χ3v) is 7.72. The zero-order valence-electron chi connectivity index (χ0n) is 16.2. The maximum Gasteiger partial charge on any atom is 0.257 e. The number of carbonyl (C=O) groups is 2. The summed E-state index contributed by atoms with van der Waals surface area (Å²) in [4.78, 5) is 26.0. The van der Waals surface area contributed by atoms with Gasteiger partial charge in [0.1, 0.15) is 0 Å². The van der Waals surface area contributed by atoms with E-state index in [2.05, 4.69) is 10.6 Å². The lowest BCUT2D eigenvalue weighted by Crippen LogP contribution is -2.51. The first-order valence-corrected chi connectivity index (χ1v) is 11.6. The molecule has 0 bridgehead atoms. The summed E-state index contributed by atoms with van der Waals surface area (Å²) >= 11 is 14.0. The number of halogens is 2. The van der Waals surface area contributed by atoms with Crippen molar-refractivity contribution >= 4 is 52.9 Å². The summed E-state index contributed by atoms with van der Waals surface area (Å²) in [5.74, 6) is -0.188. The van der Waals surface area contributed by atoms with Gasteiger partial charge in [-0.2, -0.15) is 0 Å². The summed E-state index contributed by atoms with van der Waals surface area (Å²) in [7, 11) is 0. The molecule has 30 heavy (non-hydrogen) atoms. The molecule has 2 amide bonds. The van der Waals surface area contributed by atoms with Gasteiger partial charge in [0.25, 0.3) is 5.91 Å². The first-order chi connectivity index (χ1) is 14.5. The number of thioether (sulfide) groups is 1. The van der Waals surface area contributed by atoms with Crippen molar-refractivity contribution in [1.29, 1.82) is 0 Å².